The Morgan fingerprint density at radius 3 is 2.22 bits per heavy atom. The Labute approximate surface area is 129 Å². The monoisotopic (exact) mass is 364 g/mol. The molecular formula is C13H8BrCl3O. The minimum atomic E-state index is 0.461. The van der Waals surface area contributed by atoms with E-state index in [0.29, 0.717) is 31.9 Å². The second-order valence-corrected chi connectivity index (χ2v) is 5.40. The molecule has 0 radical (unpaired) electrons. The van der Waals surface area contributed by atoms with Gasteiger partial charge in [-0.3, -0.25) is 0 Å². The van der Waals surface area contributed by atoms with E-state index < -0.39 is 0 Å². The molecule has 0 aromatic heterocycles. The van der Waals surface area contributed by atoms with Gasteiger partial charge in [0.05, 0.1) is 5.02 Å². The van der Waals surface area contributed by atoms with Crippen LogP contribution in [0.15, 0.2) is 36.4 Å². The van der Waals surface area contributed by atoms with Crippen molar-refractivity contribution < 1.29 is 4.74 Å². The van der Waals surface area contributed by atoms with Crippen LogP contribution < -0.4 is 4.74 Å². The molecule has 1 nitrogen and oxygen atoms in total. The lowest BCUT2D eigenvalue weighted by molar-refractivity contribution is 0.479. The van der Waals surface area contributed by atoms with Gasteiger partial charge in [0.15, 0.2) is 0 Å². The minimum absolute atomic E-state index is 0.461. The largest absolute Gasteiger partial charge is 0.455 e. The lowest BCUT2D eigenvalue weighted by Gasteiger charge is -2.11. The van der Waals surface area contributed by atoms with E-state index in [0.717, 1.165) is 5.56 Å². The minimum Gasteiger partial charge on any atom is -0.455 e. The predicted molar refractivity (Wildman–Crippen MR) is 80.6 cm³/mol. The molecule has 0 fully saturated rings. The third kappa shape index (κ3) is 3.33. The van der Waals surface area contributed by atoms with E-state index in [1.165, 1.54) is 0 Å². The van der Waals surface area contributed by atoms with Crippen LogP contribution >= 0.6 is 50.7 Å². The van der Waals surface area contributed by atoms with Crippen molar-refractivity contribution in [2.45, 2.75) is 5.33 Å². The first kappa shape index (κ1) is 14.0. The average Bonchev–Trinajstić information content (AvgIpc) is 2.33. The maximum absolute atomic E-state index is 6.06. The zero-order chi connectivity index (χ0) is 13.1. The van der Waals surface area contributed by atoms with Gasteiger partial charge >= 0.3 is 0 Å². The lowest BCUT2D eigenvalue weighted by Crippen LogP contribution is -1.90. The first-order chi connectivity index (χ1) is 8.60. The van der Waals surface area contributed by atoms with Crippen molar-refractivity contribution in [2.24, 2.45) is 0 Å². The molecule has 18 heavy (non-hydrogen) atoms. The molecule has 0 saturated heterocycles. The lowest BCUT2D eigenvalue weighted by atomic mass is 10.2. The van der Waals surface area contributed by atoms with Crippen LogP contribution in [-0.4, -0.2) is 0 Å². The quantitative estimate of drug-likeness (QED) is 0.576. The summed E-state index contributed by atoms with van der Waals surface area (Å²) in [6.45, 7) is 0. The van der Waals surface area contributed by atoms with Gasteiger partial charge in [-0.05, 0) is 30.3 Å². The highest BCUT2D eigenvalue weighted by Gasteiger charge is 2.08. The van der Waals surface area contributed by atoms with Crippen molar-refractivity contribution in [1.29, 1.82) is 0 Å². The number of halogens is 4. The average molecular weight is 366 g/mol. The molecule has 0 bridgehead atoms. The summed E-state index contributed by atoms with van der Waals surface area (Å²) in [5.74, 6) is 1.22. The standard InChI is InChI=1S/C13H8BrCl3O/c14-7-8-1-2-10(16)6-13(8)18-12-4-3-9(15)5-11(12)17/h1-6H,7H2. The van der Waals surface area contributed by atoms with Crippen LogP contribution in [0, 0.1) is 0 Å². The number of ether oxygens (including phenoxy) is 1. The fourth-order valence-electron chi connectivity index (χ4n) is 1.41. The van der Waals surface area contributed by atoms with E-state index >= 15 is 0 Å². The Bertz CT molecular complexity index is 572. The van der Waals surface area contributed by atoms with Gasteiger partial charge in [-0.1, -0.05) is 56.8 Å². The van der Waals surface area contributed by atoms with Gasteiger partial charge in [-0.2, -0.15) is 0 Å². The first-order valence-electron chi connectivity index (χ1n) is 5.07. The molecule has 0 atom stereocenters. The molecule has 0 aliphatic rings. The molecule has 94 valence electrons. The van der Waals surface area contributed by atoms with E-state index in [1.54, 1.807) is 24.3 Å². The fraction of sp³-hybridized carbons (Fsp3) is 0.0769. The second kappa shape index (κ2) is 6.16. The summed E-state index contributed by atoms with van der Waals surface area (Å²) < 4.78 is 5.76. The van der Waals surface area contributed by atoms with Crippen LogP contribution in [0.5, 0.6) is 11.5 Å². The summed E-state index contributed by atoms with van der Waals surface area (Å²) in [7, 11) is 0. The van der Waals surface area contributed by atoms with Gasteiger partial charge in [0.25, 0.3) is 0 Å². The van der Waals surface area contributed by atoms with Gasteiger partial charge < -0.3 is 4.74 Å². The number of benzene rings is 2. The zero-order valence-electron chi connectivity index (χ0n) is 9.09. The van der Waals surface area contributed by atoms with Crippen LogP contribution in [0.4, 0.5) is 0 Å². The van der Waals surface area contributed by atoms with Crippen molar-refractivity contribution in [3.63, 3.8) is 0 Å². The highest BCUT2D eigenvalue weighted by molar-refractivity contribution is 9.08. The molecule has 2 aromatic carbocycles. The number of hydrogen-bond donors (Lipinski definition) is 0. The molecule has 0 aliphatic carbocycles. The van der Waals surface area contributed by atoms with E-state index in [-0.39, 0.29) is 0 Å². The highest BCUT2D eigenvalue weighted by atomic mass is 79.9. The summed E-state index contributed by atoms with van der Waals surface area (Å²) in [4.78, 5) is 0. The van der Waals surface area contributed by atoms with Gasteiger partial charge in [-0.25, -0.2) is 0 Å². The van der Waals surface area contributed by atoms with Crippen molar-refractivity contribution >= 4 is 50.7 Å². The molecule has 0 amide bonds. The summed E-state index contributed by atoms with van der Waals surface area (Å²) in [5, 5.41) is 2.31. The SMILES string of the molecule is Clc1ccc(Oc2cc(Cl)ccc2CBr)c(Cl)c1. The Hall–Kier alpha value is -0.410. The molecule has 5 heteroatoms. The van der Waals surface area contributed by atoms with Gasteiger partial charge in [0, 0.05) is 20.9 Å². The molecule has 0 saturated carbocycles. The van der Waals surface area contributed by atoms with Crippen LogP contribution in [0.25, 0.3) is 0 Å². The summed E-state index contributed by atoms with van der Waals surface area (Å²) in [6, 6.07) is 10.6. The maximum atomic E-state index is 6.06. The number of rotatable bonds is 3. The Morgan fingerprint density at radius 1 is 0.889 bits per heavy atom. The molecule has 0 heterocycles. The molecule has 0 aliphatic heterocycles. The first-order valence-corrected chi connectivity index (χ1v) is 7.33. The Kier molecular flexibility index (Phi) is 4.79. The normalized spacial score (nSPS) is 10.4. The maximum Gasteiger partial charge on any atom is 0.146 e. The van der Waals surface area contributed by atoms with Gasteiger partial charge in [-0.15, -0.1) is 0 Å². The van der Waals surface area contributed by atoms with Gasteiger partial charge in [0.2, 0.25) is 0 Å². The fourth-order valence-corrected chi connectivity index (χ4v) is 2.48. The molecular weight excluding hydrogens is 358 g/mol. The Balaban J connectivity index is 2.36. The molecule has 0 N–H and O–H groups in total. The van der Waals surface area contributed by atoms with Crippen LogP contribution in [0.1, 0.15) is 5.56 Å². The highest BCUT2D eigenvalue weighted by Crippen LogP contribution is 2.34. The van der Waals surface area contributed by atoms with Crippen LogP contribution in [0.2, 0.25) is 15.1 Å². The molecule has 0 spiro atoms. The van der Waals surface area contributed by atoms with Crippen molar-refractivity contribution in [2.75, 3.05) is 0 Å². The zero-order valence-corrected chi connectivity index (χ0v) is 12.9. The van der Waals surface area contributed by atoms with Crippen molar-refractivity contribution in [3.05, 3.63) is 57.0 Å². The summed E-state index contributed by atoms with van der Waals surface area (Å²) in [6.07, 6.45) is 0. The third-order valence-electron chi connectivity index (χ3n) is 2.29. The smallest absolute Gasteiger partial charge is 0.146 e. The number of hydrogen-bond acceptors (Lipinski definition) is 1. The molecule has 2 rings (SSSR count). The van der Waals surface area contributed by atoms with E-state index in [4.69, 9.17) is 39.5 Å². The summed E-state index contributed by atoms with van der Waals surface area (Å²) >= 11 is 21.3. The second-order valence-electron chi connectivity index (χ2n) is 3.56. The number of alkyl halides is 1. The third-order valence-corrected chi connectivity index (χ3v) is 3.66. The predicted octanol–water partition coefficient (Wildman–Crippen LogP) is 6.33. The van der Waals surface area contributed by atoms with E-state index in [9.17, 15) is 0 Å². The van der Waals surface area contributed by atoms with Gasteiger partial charge in [0.1, 0.15) is 11.5 Å². The summed E-state index contributed by atoms with van der Waals surface area (Å²) in [5.41, 5.74) is 0.991. The van der Waals surface area contributed by atoms with E-state index in [2.05, 4.69) is 15.9 Å². The van der Waals surface area contributed by atoms with Crippen molar-refractivity contribution in [1.82, 2.24) is 0 Å². The molecule has 2 aromatic rings. The van der Waals surface area contributed by atoms with Crippen LogP contribution in [-0.2, 0) is 5.33 Å². The van der Waals surface area contributed by atoms with Crippen LogP contribution in [0.3, 0.4) is 0 Å². The van der Waals surface area contributed by atoms with Crippen molar-refractivity contribution in [3.8, 4) is 11.5 Å². The van der Waals surface area contributed by atoms with E-state index in [1.807, 2.05) is 12.1 Å². The molecule has 0 unspecified atom stereocenters. The Morgan fingerprint density at radius 2 is 1.56 bits per heavy atom. The topological polar surface area (TPSA) is 9.23 Å².